The van der Waals surface area contributed by atoms with Gasteiger partial charge in [0.1, 0.15) is 0 Å². The third-order valence-corrected chi connectivity index (χ3v) is 3.13. The molecule has 0 radical (unpaired) electrons. The van der Waals surface area contributed by atoms with Crippen LogP contribution in [0.25, 0.3) is 0 Å². The first-order chi connectivity index (χ1) is 9.58. The van der Waals surface area contributed by atoms with Crippen LogP contribution in [0.2, 0.25) is 5.02 Å². The summed E-state index contributed by atoms with van der Waals surface area (Å²) in [6.07, 6.45) is 4.58. The number of nitrogens with zero attached hydrogens (tertiary/aromatic N) is 1. The number of halogens is 1. The maximum Gasteiger partial charge on any atom is 0.224 e. The molecule has 110 valence electrons. The molecule has 1 aromatic rings. The van der Waals surface area contributed by atoms with Gasteiger partial charge < -0.3 is 16.3 Å². The SMILES string of the molecule is CCCCCCC(=O)Nc1cc(Cl)ccc1/C(N)=N/O. The van der Waals surface area contributed by atoms with Crippen LogP contribution in [-0.4, -0.2) is 17.0 Å². The highest BCUT2D eigenvalue weighted by atomic mass is 35.5. The number of benzene rings is 1. The van der Waals surface area contributed by atoms with Crippen LogP contribution < -0.4 is 11.1 Å². The van der Waals surface area contributed by atoms with Gasteiger partial charge in [-0.2, -0.15) is 0 Å². The Hall–Kier alpha value is -1.75. The minimum absolute atomic E-state index is 0.0667. The number of hydrogen-bond acceptors (Lipinski definition) is 3. The molecule has 0 unspecified atom stereocenters. The maximum absolute atomic E-state index is 11.9. The van der Waals surface area contributed by atoms with Gasteiger partial charge in [-0.05, 0) is 24.6 Å². The number of rotatable bonds is 7. The average Bonchev–Trinajstić information content (AvgIpc) is 2.43. The quantitative estimate of drug-likeness (QED) is 0.237. The minimum atomic E-state index is -0.102. The lowest BCUT2D eigenvalue weighted by atomic mass is 10.1. The van der Waals surface area contributed by atoms with E-state index in [1.165, 1.54) is 0 Å². The van der Waals surface area contributed by atoms with E-state index < -0.39 is 0 Å². The van der Waals surface area contributed by atoms with E-state index in [1.807, 2.05) is 0 Å². The molecule has 5 nitrogen and oxygen atoms in total. The molecule has 0 aromatic heterocycles. The highest BCUT2D eigenvalue weighted by Crippen LogP contribution is 2.21. The predicted octanol–water partition coefficient (Wildman–Crippen LogP) is 3.34. The third kappa shape index (κ3) is 5.09. The molecule has 0 saturated heterocycles. The second kappa shape index (κ2) is 8.43. The number of amides is 1. The van der Waals surface area contributed by atoms with Gasteiger partial charge in [0.05, 0.1) is 5.69 Å². The van der Waals surface area contributed by atoms with E-state index in [9.17, 15) is 4.79 Å². The Balaban J connectivity index is 2.70. The lowest BCUT2D eigenvalue weighted by Gasteiger charge is -2.10. The maximum atomic E-state index is 11.9. The molecule has 0 spiro atoms. The van der Waals surface area contributed by atoms with Crippen LogP contribution in [0.4, 0.5) is 5.69 Å². The van der Waals surface area contributed by atoms with Crippen molar-refractivity contribution in [1.82, 2.24) is 0 Å². The second-order valence-corrected chi connectivity index (χ2v) is 4.97. The highest BCUT2D eigenvalue weighted by Gasteiger charge is 2.10. The molecule has 0 aliphatic carbocycles. The molecule has 0 aliphatic rings. The van der Waals surface area contributed by atoms with E-state index in [0.29, 0.717) is 22.7 Å². The standard InChI is InChI=1S/C14H20ClN3O2/c1-2-3-4-5-6-13(19)17-12-9-10(15)7-8-11(12)14(16)18-20/h7-9,20H,2-6H2,1H3,(H2,16,18)(H,17,19). The zero-order chi connectivity index (χ0) is 15.0. The number of oxime groups is 1. The van der Waals surface area contributed by atoms with Crippen molar-refractivity contribution in [3.8, 4) is 0 Å². The van der Waals surface area contributed by atoms with Crippen molar-refractivity contribution in [2.75, 3.05) is 5.32 Å². The molecule has 0 aliphatic heterocycles. The molecule has 1 aromatic carbocycles. The Morgan fingerprint density at radius 1 is 1.40 bits per heavy atom. The van der Waals surface area contributed by atoms with Gasteiger partial charge in [-0.15, -0.1) is 0 Å². The van der Waals surface area contributed by atoms with Crippen molar-refractivity contribution in [3.05, 3.63) is 28.8 Å². The first kappa shape index (κ1) is 16.3. The van der Waals surface area contributed by atoms with Crippen LogP contribution in [0.15, 0.2) is 23.4 Å². The van der Waals surface area contributed by atoms with E-state index >= 15 is 0 Å². The molecular weight excluding hydrogens is 278 g/mol. The van der Waals surface area contributed by atoms with Crippen LogP contribution in [0, 0.1) is 0 Å². The van der Waals surface area contributed by atoms with E-state index in [2.05, 4.69) is 17.4 Å². The van der Waals surface area contributed by atoms with E-state index in [-0.39, 0.29) is 11.7 Å². The molecule has 0 fully saturated rings. The zero-order valence-electron chi connectivity index (χ0n) is 11.5. The molecule has 0 bridgehead atoms. The molecule has 0 saturated carbocycles. The predicted molar refractivity (Wildman–Crippen MR) is 81.4 cm³/mol. The number of nitrogens with one attached hydrogen (secondary N) is 1. The molecule has 1 rings (SSSR count). The van der Waals surface area contributed by atoms with Crippen molar-refractivity contribution in [3.63, 3.8) is 0 Å². The van der Waals surface area contributed by atoms with Crippen LogP contribution >= 0.6 is 11.6 Å². The smallest absolute Gasteiger partial charge is 0.224 e. The summed E-state index contributed by atoms with van der Waals surface area (Å²) in [5, 5.41) is 14.9. The fourth-order valence-corrected chi connectivity index (χ4v) is 1.99. The highest BCUT2D eigenvalue weighted by molar-refractivity contribution is 6.31. The summed E-state index contributed by atoms with van der Waals surface area (Å²) in [7, 11) is 0. The largest absolute Gasteiger partial charge is 0.409 e. The van der Waals surface area contributed by atoms with Crippen LogP contribution in [0.3, 0.4) is 0 Å². The molecule has 4 N–H and O–H groups in total. The number of amidine groups is 1. The second-order valence-electron chi connectivity index (χ2n) is 4.53. The molecule has 20 heavy (non-hydrogen) atoms. The van der Waals surface area contributed by atoms with Crippen molar-refractivity contribution in [1.29, 1.82) is 0 Å². The minimum Gasteiger partial charge on any atom is -0.409 e. The molecule has 6 heteroatoms. The van der Waals surface area contributed by atoms with Gasteiger partial charge in [-0.1, -0.05) is 42.9 Å². The van der Waals surface area contributed by atoms with Gasteiger partial charge >= 0.3 is 0 Å². The first-order valence-corrected chi connectivity index (χ1v) is 7.03. The van der Waals surface area contributed by atoms with Crippen LogP contribution in [-0.2, 0) is 4.79 Å². The van der Waals surface area contributed by atoms with Crippen molar-refractivity contribution in [2.45, 2.75) is 39.0 Å². The average molecular weight is 298 g/mol. The normalized spacial score (nSPS) is 11.4. The van der Waals surface area contributed by atoms with Crippen LogP contribution in [0.1, 0.15) is 44.6 Å². The summed E-state index contributed by atoms with van der Waals surface area (Å²) in [5.74, 6) is -0.168. The number of carbonyl (C=O) groups is 1. The summed E-state index contributed by atoms with van der Waals surface area (Å²) >= 11 is 5.90. The van der Waals surface area contributed by atoms with Gasteiger partial charge in [0, 0.05) is 17.0 Å². The summed E-state index contributed by atoms with van der Waals surface area (Å²) in [4.78, 5) is 11.9. The summed E-state index contributed by atoms with van der Waals surface area (Å²) in [6, 6.07) is 4.80. The fraction of sp³-hybridized carbons (Fsp3) is 0.429. The molecule has 0 atom stereocenters. The van der Waals surface area contributed by atoms with Crippen molar-refractivity contribution >= 4 is 29.0 Å². The van der Waals surface area contributed by atoms with Gasteiger partial charge in [0.2, 0.25) is 5.91 Å². The van der Waals surface area contributed by atoms with Gasteiger partial charge in [0.15, 0.2) is 5.84 Å². The number of anilines is 1. The Labute approximate surface area is 123 Å². The van der Waals surface area contributed by atoms with Gasteiger partial charge in [-0.25, -0.2) is 0 Å². The summed E-state index contributed by atoms with van der Waals surface area (Å²) in [5.41, 5.74) is 6.46. The van der Waals surface area contributed by atoms with Crippen LogP contribution in [0.5, 0.6) is 0 Å². The number of unbranched alkanes of at least 4 members (excludes halogenated alkanes) is 3. The summed E-state index contributed by atoms with van der Waals surface area (Å²) < 4.78 is 0. The molecule has 1 amide bonds. The Kier molecular flexibility index (Phi) is 6.87. The number of nitrogens with two attached hydrogens (primary N) is 1. The number of carbonyl (C=O) groups excluding carboxylic acids is 1. The summed E-state index contributed by atoms with van der Waals surface area (Å²) in [6.45, 7) is 2.12. The topological polar surface area (TPSA) is 87.7 Å². The molecular formula is C14H20ClN3O2. The Morgan fingerprint density at radius 3 is 2.80 bits per heavy atom. The van der Waals surface area contributed by atoms with Crippen molar-refractivity contribution in [2.24, 2.45) is 10.9 Å². The third-order valence-electron chi connectivity index (χ3n) is 2.90. The fourth-order valence-electron chi connectivity index (χ4n) is 1.82. The molecule has 0 heterocycles. The first-order valence-electron chi connectivity index (χ1n) is 6.65. The Bertz CT molecular complexity index is 489. The lowest BCUT2D eigenvalue weighted by molar-refractivity contribution is -0.116. The monoisotopic (exact) mass is 297 g/mol. The van der Waals surface area contributed by atoms with Crippen molar-refractivity contribution < 1.29 is 10.0 Å². The Morgan fingerprint density at radius 2 is 2.15 bits per heavy atom. The van der Waals surface area contributed by atoms with E-state index in [1.54, 1.807) is 18.2 Å². The van der Waals surface area contributed by atoms with Gasteiger partial charge in [0.25, 0.3) is 0 Å². The van der Waals surface area contributed by atoms with Gasteiger partial charge in [-0.3, -0.25) is 4.79 Å². The lowest BCUT2D eigenvalue weighted by Crippen LogP contribution is -2.19. The zero-order valence-corrected chi connectivity index (χ0v) is 12.3. The number of hydrogen-bond donors (Lipinski definition) is 3. The van der Waals surface area contributed by atoms with E-state index in [4.69, 9.17) is 22.5 Å². The van der Waals surface area contributed by atoms with E-state index in [0.717, 1.165) is 25.7 Å².